The van der Waals surface area contributed by atoms with Crippen LogP contribution in [0.4, 0.5) is 5.69 Å². The van der Waals surface area contributed by atoms with E-state index in [2.05, 4.69) is 20.9 Å². The number of hydroxylamine groups is 1. The van der Waals surface area contributed by atoms with Crippen molar-refractivity contribution in [2.75, 3.05) is 19.1 Å². The van der Waals surface area contributed by atoms with Crippen LogP contribution in [-0.2, 0) is 21.4 Å². The van der Waals surface area contributed by atoms with E-state index < -0.39 is 10.0 Å². The lowest BCUT2D eigenvalue weighted by molar-refractivity contribution is -0.0258. The van der Waals surface area contributed by atoms with Crippen LogP contribution in [0.5, 0.6) is 0 Å². The largest absolute Gasteiger partial charge is 0.302 e. The van der Waals surface area contributed by atoms with Crippen LogP contribution in [0, 0.1) is 0 Å². The Balaban J connectivity index is 1.93. The first kappa shape index (κ1) is 22.1. The lowest BCUT2D eigenvalue weighted by Crippen LogP contribution is -2.31. The second kappa shape index (κ2) is 9.48. The number of pyridine rings is 1. The van der Waals surface area contributed by atoms with Crippen molar-refractivity contribution < 1.29 is 18.0 Å². The average Bonchev–Trinajstić information content (AvgIpc) is 2.78. The van der Waals surface area contributed by atoms with Gasteiger partial charge in [-0.15, -0.1) is 0 Å². The number of aromatic nitrogens is 1. The van der Waals surface area contributed by atoms with Gasteiger partial charge in [-0.25, -0.2) is 8.42 Å². The zero-order valence-electron chi connectivity index (χ0n) is 16.4. The number of sulfonamides is 1. The zero-order valence-corrected chi connectivity index (χ0v) is 18.8. The molecule has 0 aliphatic carbocycles. The summed E-state index contributed by atoms with van der Waals surface area (Å²) in [5, 5.41) is 0. The molecule has 0 radical (unpaired) electrons. The van der Waals surface area contributed by atoms with E-state index >= 15 is 0 Å². The standard InChI is InChI=1S/C21H20BrN3O4S/c1-24(29-2)30(27,28)20-12-6-16(7-13-20)21(26)25(15-18-5-3-4-14-23-18)19-10-8-17(22)9-11-19/h3-14H,15H2,1-2H3. The molecule has 7 nitrogen and oxygen atoms in total. The minimum absolute atomic E-state index is 0.0308. The van der Waals surface area contributed by atoms with Gasteiger partial charge in [-0.2, -0.15) is 0 Å². The molecule has 30 heavy (non-hydrogen) atoms. The topological polar surface area (TPSA) is 79.8 Å². The Morgan fingerprint density at radius 2 is 1.70 bits per heavy atom. The van der Waals surface area contributed by atoms with E-state index in [1.807, 2.05) is 42.5 Å². The summed E-state index contributed by atoms with van der Waals surface area (Å²) in [7, 11) is -1.22. The average molecular weight is 490 g/mol. The molecule has 156 valence electrons. The van der Waals surface area contributed by atoms with Gasteiger partial charge in [-0.3, -0.25) is 14.6 Å². The molecule has 9 heteroatoms. The Labute approximate surface area is 184 Å². The first-order valence-electron chi connectivity index (χ1n) is 8.93. The molecule has 0 unspecified atom stereocenters. The summed E-state index contributed by atoms with van der Waals surface area (Å²) in [5.41, 5.74) is 1.78. The molecule has 0 saturated carbocycles. The van der Waals surface area contributed by atoms with Crippen molar-refractivity contribution in [3.05, 3.63) is 88.7 Å². The Morgan fingerprint density at radius 3 is 2.27 bits per heavy atom. The molecule has 3 rings (SSSR count). The van der Waals surface area contributed by atoms with E-state index in [0.717, 1.165) is 14.6 Å². The second-order valence-electron chi connectivity index (χ2n) is 6.31. The highest BCUT2D eigenvalue weighted by Gasteiger charge is 2.23. The number of hydrogen-bond acceptors (Lipinski definition) is 5. The molecule has 0 bridgehead atoms. The molecule has 0 saturated heterocycles. The van der Waals surface area contributed by atoms with Crippen LogP contribution in [0.15, 0.2) is 82.3 Å². The van der Waals surface area contributed by atoms with Crippen LogP contribution in [-0.4, -0.2) is 37.9 Å². The van der Waals surface area contributed by atoms with Crippen molar-refractivity contribution in [2.24, 2.45) is 0 Å². The number of carbonyl (C=O) groups excluding carboxylic acids is 1. The lowest BCUT2D eigenvalue weighted by Gasteiger charge is -2.23. The van der Waals surface area contributed by atoms with Gasteiger partial charge in [-0.05, 0) is 60.7 Å². The number of hydrogen-bond donors (Lipinski definition) is 0. The third-order valence-corrected chi connectivity index (χ3v) is 6.65. The van der Waals surface area contributed by atoms with Crippen LogP contribution in [0.3, 0.4) is 0 Å². The summed E-state index contributed by atoms with van der Waals surface area (Å²) in [5.74, 6) is -0.271. The van der Waals surface area contributed by atoms with Gasteiger partial charge in [0.1, 0.15) is 0 Å². The summed E-state index contributed by atoms with van der Waals surface area (Å²) >= 11 is 3.40. The molecule has 2 aromatic carbocycles. The van der Waals surface area contributed by atoms with E-state index in [0.29, 0.717) is 11.3 Å². The van der Waals surface area contributed by atoms with Gasteiger partial charge in [0.15, 0.2) is 0 Å². The molecular formula is C21H20BrN3O4S. The minimum atomic E-state index is -3.79. The third-order valence-electron chi connectivity index (χ3n) is 4.42. The third kappa shape index (κ3) is 4.93. The molecule has 0 aliphatic rings. The van der Waals surface area contributed by atoms with Gasteiger partial charge in [0, 0.05) is 29.0 Å². The quantitative estimate of drug-likeness (QED) is 0.470. The Kier molecular flexibility index (Phi) is 6.99. The predicted molar refractivity (Wildman–Crippen MR) is 117 cm³/mol. The molecule has 0 N–H and O–H groups in total. The van der Waals surface area contributed by atoms with Crippen molar-refractivity contribution in [1.29, 1.82) is 0 Å². The van der Waals surface area contributed by atoms with E-state index in [9.17, 15) is 13.2 Å². The number of benzene rings is 2. The maximum absolute atomic E-state index is 13.3. The normalized spacial score (nSPS) is 11.5. The molecule has 1 heterocycles. The summed E-state index contributed by atoms with van der Waals surface area (Å²) in [6.45, 7) is 0.272. The number of rotatable bonds is 7. The Morgan fingerprint density at radius 1 is 1.03 bits per heavy atom. The molecule has 1 amide bonds. The van der Waals surface area contributed by atoms with Crippen molar-refractivity contribution in [2.45, 2.75) is 11.4 Å². The van der Waals surface area contributed by atoms with Crippen LogP contribution in [0.2, 0.25) is 0 Å². The number of halogens is 1. The highest BCUT2D eigenvalue weighted by molar-refractivity contribution is 9.10. The fourth-order valence-electron chi connectivity index (χ4n) is 2.73. The summed E-state index contributed by atoms with van der Waals surface area (Å²) in [6.07, 6.45) is 1.67. The number of amides is 1. The monoisotopic (exact) mass is 489 g/mol. The lowest BCUT2D eigenvalue weighted by atomic mass is 10.1. The molecular weight excluding hydrogens is 470 g/mol. The minimum Gasteiger partial charge on any atom is -0.302 e. The van der Waals surface area contributed by atoms with Crippen molar-refractivity contribution in [3.8, 4) is 0 Å². The molecule has 1 aromatic heterocycles. The van der Waals surface area contributed by atoms with Crippen LogP contribution >= 0.6 is 15.9 Å². The first-order valence-corrected chi connectivity index (χ1v) is 11.2. The van der Waals surface area contributed by atoms with Gasteiger partial charge in [-0.1, -0.05) is 26.5 Å². The Hall–Kier alpha value is -2.59. The van der Waals surface area contributed by atoms with Crippen LogP contribution in [0.25, 0.3) is 0 Å². The van der Waals surface area contributed by atoms with Gasteiger partial charge in [0.05, 0.1) is 24.2 Å². The molecule has 0 fully saturated rings. The fraction of sp³-hybridized carbons (Fsp3) is 0.143. The van der Waals surface area contributed by atoms with Gasteiger partial charge < -0.3 is 4.90 Å². The number of anilines is 1. The molecule has 0 spiro atoms. The van der Waals surface area contributed by atoms with Gasteiger partial charge in [0.25, 0.3) is 15.9 Å². The summed E-state index contributed by atoms with van der Waals surface area (Å²) < 4.78 is 26.4. The zero-order chi connectivity index (χ0) is 21.7. The van der Waals surface area contributed by atoms with Crippen molar-refractivity contribution >= 4 is 37.5 Å². The van der Waals surface area contributed by atoms with Gasteiger partial charge >= 0.3 is 0 Å². The van der Waals surface area contributed by atoms with E-state index in [1.54, 1.807) is 11.1 Å². The van der Waals surface area contributed by atoms with Crippen LogP contribution < -0.4 is 4.90 Å². The highest BCUT2D eigenvalue weighted by Crippen LogP contribution is 2.23. The Bertz CT molecular complexity index is 1110. The molecule has 3 aromatic rings. The highest BCUT2D eigenvalue weighted by atomic mass is 79.9. The van der Waals surface area contributed by atoms with E-state index in [1.165, 1.54) is 38.4 Å². The van der Waals surface area contributed by atoms with Crippen molar-refractivity contribution in [3.63, 3.8) is 0 Å². The SMILES string of the molecule is CON(C)S(=O)(=O)c1ccc(C(=O)N(Cc2ccccn2)c2ccc(Br)cc2)cc1. The van der Waals surface area contributed by atoms with E-state index in [-0.39, 0.29) is 17.3 Å². The van der Waals surface area contributed by atoms with Crippen LogP contribution in [0.1, 0.15) is 16.1 Å². The summed E-state index contributed by atoms with van der Waals surface area (Å²) in [6, 6.07) is 18.6. The predicted octanol–water partition coefficient (Wildman–Crippen LogP) is 3.87. The molecule has 0 atom stereocenters. The van der Waals surface area contributed by atoms with Crippen molar-refractivity contribution in [1.82, 2.24) is 9.45 Å². The van der Waals surface area contributed by atoms with E-state index in [4.69, 9.17) is 4.84 Å². The number of nitrogens with zero attached hydrogens (tertiary/aromatic N) is 3. The number of carbonyl (C=O) groups is 1. The summed E-state index contributed by atoms with van der Waals surface area (Å²) in [4.78, 5) is 24.0. The fourth-order valence-corrected chi connectivity index (χ4v) is 3.96. The first-order chi connectivity index (χ1) is 14.3. The maximum atomic E-state index is 13.3. The smallest absolute Gasteiger partial charge is 0.264 e. The second-order valence-corrected chi connectivity index (χ2v) is 9.16. The maximum Gasteiger partial charge on any atom is 0.264 e. The van der Waals surface area contributed by atoms with Gasteiger partial charge in [0.2, 0.25) is 0 Å². The molecule has 0 aliphatic heterocycles.